The molecule has 0 bridgehead atoms. The van der Waals surface area contributed by atoms with Crippen molar-refractivity contribution in [2.24, 2.45) is 0 Å². The van der Waals surface area contributed by atoms with Crippen molar-refractivity contribution in [1.29, 1.82) is 0 Å². The Bertz CT molecular complexity index is 522. The molecule has 0 saturated heterocycles. The van der Waals surface area contributed by atoms with Crippen molar-refractivity contribution < 1.29 is 19.4 Å². The summed E-state index contributed by atoms with van der Waals surface area (Å²) in [6.45, 7) is 4.78. The van der Waals surface area contributed by atoms with Gasteiger partial charge in [-0.2, -0.15) is 0 Å². The second kappa shape index (κ2) is 4.01. The van der Waals surface area contributed by atoms with Crippen LogP contribution in [0, 0.1) is 6.92 Å². The lowest BCUT2D eigenvalue weighted by atomic mass is 10.0. The van der Waals surface area contributed by atoms with Crippen LogP contribution in [-0.4, -0.2) is 29.1 Å². The number of nitrogens with zero attached hydrogens (tertiary/aromatic N) is 1. The van der Waals surface area contributed by atoms with E-state index in [1.54, 1.807) is 26.0 Å². The lowest BCUT2D eigenvalue weighted by molar-refractivity contribution is -0.139. The maximum absolute atomic E-state index is 12.2. The van der Waals surface area contributed by atoms with Gasteiger partial charge in [-0.25, -0.2) is 0 Å². The van der Waals surface area contributed by atoms with Crippen molar-refractivity contribution in [2.75, 3.05) is 11.4 Å². The van der Waals surface area contributed by atoms with Crippen molar-refractivity contribution in [2.45, 2.75) is 26.4 Å². The van der Waals surface area contributed by atoms with Gasteiger partial charge in [0, 0.05) is 0 Å². The number of hydrogen-bond acceptors (Lipinski definition) is 3. The van der Waals surface area contributed by atoms with Crippen LogP contribution < -0.4 is 9.64 Å². The molecule has 0 atom stereocenters. The standard InChI is InChI=1S/C13H15NO4/c1-8-4-5-10-9(6-8)14(7-11(15)16)12(17)13(2,3)18-10/h4-6H,7H2,1-3H3,(H,15,16). The minimum Gasteiger partial charge on any atom is -0.480 e. The monoisotopic (exact) mass is 249 g/mol. The first-order valence-corrected chi connectivity index (χ1v) is 5.65. The number of carboxylic acids is 1. The first-order chi connectivity index (χ1) is 8.31. The third kappa shape index (κ3) is 2.03. The third-order valence-corrected chi connectivity index (χ3v) is 2.82. The second-order valence-electron chi connectivity index (χ2n) is 4.87. The highest BCUT2D eigenvalue weighted by Crippen LogP contribution is 2.38. The van der Waals surface area contributed by atoms with E-state index in [0.717, 1.165) is 5.56 Å². The van der Waals surface area contributed by atoms with Crippen LogP contribution in [0.25, 0.3) is 0 Å². The number of ether oxygens (including phenoxy) is 1. The number of carbonyl (C=O) groups is 2. The molecule has 5 heteroatoms. The number of carboxylic acid groups (broad SMARTS) is 1. The van der Waals surface area contributed by atoms with Crippen molar-refractivity contribution in [3.05, 3.63) is 23.8 Å². The first kappa shape index (κ1) is 12.4. The molecule has 1 aliphatic rings. The van der Waals surface area contributed by atoms with Gasteiger partial charge in [0.05, 0.1) is 5.69 Å². The third-order valence-electron chi connectivity index (χ3n) is 2.82. The van der Waals surface area contributed by atoms with Gasteiger partial charge < -0.3 is 9.84 Å². The molecule has 96 valence electrons. The van der Waals surface area contributed by atoms with Crippen LogP contribution in [0.5, 0.6) is 5.75 Å². The molecule has 0 saturated carbocycles. The molecule has 0 aliphatic carbocycles. The summed E-state index contributed by atoms with van der Waals surface area (Å²) in [5.41, 5.74) is 0.416. The number of aryl methyl sites for hydroxylation is 1. The van der Waals surface area contributed by atoms with E-state index in [-0.39, 0.29) is 12.5 Å². The lowest BCUT2D eigenvalue weighted by Crippen LogP contribution is -2.53. The van der Waals surface area contributed by atoms with Gasteiger partial charge in [0.2, 0.25) is 0 Å². The first-order valence-electron chi connectivity index (χ1n) is 5.65. The Labute approximate surface area is 105 Å². The molecule has 1 heterocycles. The van der Waals surface area contributed by atoms with E-state index in [0.29, 0.717) is 11.4 Å². The second-order valence-corrected chi connectivity index (χ2v) is 4.87. The maximum Gasteiger partial charge on any atom is 0.323 e. The van der Waals surface area contributed by atoms with Gasteiger partial charge in [-0.05, 0) is 38.5 Å². The lowest BCUT2D eigenvalue weighted by Gasteiger charge is -2.38. The van der Waals surface area contributed by atoms with Gasteiger partial charge in [-0.3, -0.25) is 14.5 Å². The fourth-order valence-electron chi connectivity index (χ4n) is 1.97. The molecule has 1 aromatic rings. The van der Waals surface area contributed by atoms with Crippen LogP contribution in [-0.2, 0) is 9.59 Å². The Morgan fingerprint density at radius 2 is 2.11 bits per heavy atom. The highest BCUT2D eigenvalue weighted by Gasteiger charge is 2.41. The zero-order chi connectivity index (χ0) is 13.5. The molecule has 0 fully saturated rings. The van der Waals surface area contributed by atoms with Crippen LogP contribution in [0.15, 0.2) is 18.2 Å². The minimum absolute atomic E-state index is 0.344. The van der Waals surface area contributed by atoms with Crippen LogP contribution in [0.4, 0.5) is 5.69 Å². The predicted molar refractivity (Wildman–Crippen MR) is 65.9 cm³/mol. The average Bonchev–Trinajstić information content (AvgIpc) is 2.25. The molecule has 0 radical (unpaired) electrons. The van der Waals surface area contributed by atoms with E-state index in [1.165, 1.54) is 4.90 Å². The zero-order valence-electron chi connectivity index (χ0n) is 10.6. The molecule has 1 N–H and O–H groups in total. The van der Waals surface area contributed by atoms with Gasteiger partial charge in [0.15, 0.2) is 5.60 Å². The number of aliphatic carboxylic acids is 1. The Kier molecular flexibility index (Phi) is 2.77. The number of hydrogen-bond donors (Lipinski definition) is 1. The van der Waals surface area contributed by atoms with Crippen LogP contribution in [0.3, 0.4) is 0 Å². The molecular formula is C13H15NO4. The average molecular weight is 249 g/mol. The van der Waals surface area contributed by atoms with Crippen LogP contribution in [0.2, 0.25) is 0 Å². The molecule has 1 amide bonds. The number of amides is 1. The summed E-state index contributed by atoms with van der Waals surface area (Å²) >= 11 is 0. The molecule has 1 aliphatic heterocycles. The molecule has 5 nitrogen and oxygen atoms in total. The van der Waals surface area contributed by atoms with Gasteiger partial charge >= 0.3 is 5.97 Å². The summed E-state index contributed by atoms with van der Waals surface area (Å²) in [4.78, 5) is 24.3. The van der Waals surface area contributed by atoms with Crippen molar-refractivity contribution in [1.82, 2.24) is 0 Å². The Hall–Kier alpha value is -2.04. The molecule has 0 aromatic heterocycles. The topological polar surface area (TPSA) is 66.8 Å². The number of anilines is 1. The summed E-state index contributed by atoms with van der Waals surface area (Å²) < 4.78 is 5.61. The predicted octanol–water partition coefficient (Wildman–Crippen LogP) is 1.58. The highest BCUT2D eigenvalue weighted by molar-refractivity contribution is 6.05. The quantitative estimate of drug-likeness (QED) is 0.864. The van der Waals surface area contributed by atoms with E-state index in [9.17, 15) is 9.59 Å². The normalized spacial score (nSPS) is 17.1. The number of carbonyl (C=O) groups excluding carboxylic acids is 1. The van der Waals surface area contributed by atoms with E-state index < -0.39 is 11.6 Å². The Morgan fingerprint density at radius 3 is 2.72 bits per heavy atom. The maximum atomic E-state index is 12.2. The van der Waals surface area contributed by atoms with E-state index in [4.69, 9.17) is 9.84 Å². The summed E-state index contributed by atoms with van der Waals surface area (Å²) in [5, 5.41) is 8.91. The summed E-state index contributed by atoms with van der Waals surface area (Å²) in [5.74, 6) is -0.858. The largest absolute Gasteiger partial charge is 0.480 e. The SMILES string of the molecule is Cc1ccc2c(c1)N(CC(=O)O)C(=O)C(C)(C)O2. The zero-order valence-corrected chi connectivity index (χ0v) is 10.6. The fraction of sp³-hybridized carbons (Fsp3) is 0.385. The van der Waals surface area contributed by atoms with Gasteiger partial charge in [-0.15, -0.1) is 0 Å². The van der Waals surface area contributed by atoms with Gasteiger partial charge in [0.1, 0.15) is 12.3 Å². The highest BCUT2D eigenvalue weighted by atomic mass is 16.5. The van der Waals surface area contributed by atoms with Crippen molar-refractivity contribution >= 4 is 17.6 Å². The number of fused-ring (bicyclic) bond motifs is 1. The molecule has 2 rings (SSSR count). The number of benzene rings is 1. The van der Waals surface area contributed by atoms with Crippen LogP contribution >= 0.6 is 0 Å². The fourth-order valence-corrected chi connectivity index (χ4v) is 1.97. The smallest absolute Gasteiger partial charge is 0.323 e. The molecule has 18 heavy (non-hydrogen) atoms. The molecule has 1 aromatic carbocycles. The van der Waals surface area contributed by atoms with E-state index >= 15 is 0 Å². The summed E-state index contributed by atoms with van der Waals surface area (Å²) in [6, 6.07) is 5.38. The number of rotatable bonds is 2. The Morgan fingerprint density at radius 1 is 1.44 bits per heavy atom. The Balaban J connectivity index is 2.53. The van der Waals surface area contributed by atoms with Gasteiger partial charge in [0.25, 0.3) is 5.91 Å². The molecule has 0 unspecified atom stereocenters. The van der Waals surface area contributed by atoms with E-state index in [2.05, 4.69) is 0 Å². The van der Waals surface area contributed by atoms with Crippen molar-refractivity contribution in [3.8, 4) is 5.75 Å². The van der Waals surface area contributed by atoms with Gasteiger partial charge in [-0.1, -0.05) is 6.07 Å². The molecule has 0 spiro atoms. The molecular weight excluding hydrogens is 234 g/mol. The minimum atomic E-state index is -1.05. The van der Waals surface area contributed by atoms with Crippen LogP contribution in [0.1, 0.15) is 19.4 Å². The van der Waals surface area contributed by atoms with E-state index in [1.807, 2.05) is 13.0 Å². The summed E-state index contributed by atoms with van der Waals surface area (Å²) in [6.07, 6.45) is 0. The summed E-state index contributed by atoms with van der Waals surface area (Å²) in [7, 11) is 0. The van der Waals surface area contributed by atoms with Crippen molar-refractivity contribution in [3.63, 3.8) is 0 Å².